The van der Waals surface area contributed by atoms with Crippen molar-refractivity contribution >= 4 is 17.2 Å². The molecule has 0 aliphatic carbocycles. The van der Waals surface area contributed by atoms with Crippen LogP contribution in [0.15, 0.2) is 51.0 Å². The number of hydrogen-bond donors (Lipinski definition) is 0. The van der Waals surface area contributed by atoms with Gasteiger partial charge in [0.2, 0.25) is 0 Å². The van der Waals surface area contributed by atoms with Crippen LogP contribution in [-0.4, -0.2) is 27.4 Å². The van der Waals surface area contributed by atoms with Gasteiger partial charge in [0.25, 0.3) is 5.56 Å². The molecule has 2 heterocycles. The lowest BCUT2D eigenvalue weighted by Gasteiger charge is -2.11. The van der Waals surface area contributed by atoms with Crippen molar-refractivity contribution in [3.8, 4) is 11.3 Å². The van der Waals surface area contributed by atoms with Crippen molar-refractivity contribution in [2.45, 2.75) is 0 Å². The van der Waals surface area contributed by atoms with E-state index in [0.717, 1.165) is 15.7 Å². The van der Waals surface area contributed by atoms with Crippen LogP contribution in [0, 0.1) is 0 Å². The fraction of sp³-hybridized carbons (Fsp3) is 0.176. The molecule has 0 unspecified atom stereocenters. The van der Waals surface area contributed by atoms with Crippen LogP contribution in [0.25, 0.3) is 22.3 Å². The monoisotopic (exact) mass is 308 g/mol. The van der Waals surface area contributed by atoms with E-state index in [4.69, 9.17) is 0 Å². The molecule has 0 fully saturated rings. The van der Waals surface area contributed by atoms with Crippen LogP contribution in [0.2, 0.25) is 0 Å². The standard InChI is InChI=1S/C17H16N4O2/c1-18-10-12-9-13-15(20(2)17(23)21(3)16(13)22)19-14(12)11-7-5-4-6-8-11/h4-10H,1-3H3. The van der Waals surface area contributed by atoms with Gasteiger partial charge in [0.1, 0.15) is 5.65 Å². The minimum absolute atomic E-state index is 0.360. The predicted octanol–water partition coefficient (Wildman–Crippen LogP) is 1.35. The first-order valence-corrected chi connectivity index (χ1v) is 7.13. The van der Waals surface area contributed by atoms with Crippen LogP contribution in [0.3, 0.4) is 0 Å². The Morgan fingerprint density at radius 2 is 1.78 bits per heavy atom. The van der Waals surface area contributed by atoms with Gasteiger partial charge in [-0.15, -0.1) is 0 Å². The minimum Gasteiger partial charge on any atom is -0.296 e. The summed E-state index contributed by atoms with van der Waals surface area (Å²) in [5, 5.41) is 0.393. The van der Waals surface area contributed by atoms with E-state index in [0.29, 0.717) is 16.7 Å². The van der Waals surface area contributed by atoms with Gasteiger partial charge >= 0.3 is 5.69 Å². The van der Waals surface area contributed by atoms with Crippen molar-refractivity contribution in [1.29, 1.82) is 0 Å². The maximum absolute atomic E-state index is 12.4. The molecule has 2 aromatic heterocycles. The summed E-state index contributed by atoms with van der Waals surface area (Å²) in [6.07, 6.45) is 1.67. The Bertz CT molecular complexity index is 1030. The van der Waals surface area contributed by atoms with Gasteiger partial charge in [-0.3, -0.25) is 18.9 Å². The minimum atomic E-state index is -0.397. The number of rotatable bonds is 2. The summed E-state index contributed by atoms with van der Waals surface area (Å²) in [5.74, 6) is 0. The molecule has 6 nitrogen and oxygen atoms in total. The summed E-state index contributed by atoms with van der Waals surface area (Å²) in [4.78, 5) is 33.1. The molecule has 6 heteroatoms. The van der Waals surface area contributed by atoms with Gasteiger partial charge in [-0.05, 0) is 6.07 Å². The Morgan fingerprint density at radius 1 is 1.09 bits per heavy atom. The van der Waals surface area contributed by atoms with Crippen LogP contribution in [-0.2, 0) is 14.1 Å². The van der Waals surface area contributed by atoms with Gasteiger partial charge in [-0.25, -0.2) is 9.78 Å². The third-order valence-electron chi connectivity index (χ3n) is 3.77. The SMILES string of the molecule is CN=Cc1cc2c(=O)n(C)c(=O)n(C)c2nc1-c1ccccc1. The van der Waals surface area contributed by atoms with E-state index < -0.39 is 5.69 Å². The zero-order chi connectivity index (χ0) is 16.6. The number of benzene rings is 1. The molecule has 1 aromatic carbocycles. The van der Waals surface area contributed by atoms with E-state index in [1.807, 2.05) is 30.3 Å². The van der Waals surface area contributed by atoms with E-state index in [1.54, 1.807) is 26.4 Å². The summed E-state index contributed by atoms with van der Waals surface area (Å²) in [6.45, 7) is 0. The van der Waals surface area contributed by atoms with E-state index in [2.05, 4.69) is 9.98 Å². The van der Waals surface area contributed by atoms with E-state index in [1.165, 1.54) is 11.6 Å². The van der Waals surface area contributed by atoms with Crippen LogP contribution < -0.4 is 11.2 Å². The van der Waals surface area contributed by atoms with Crippen LogP contribution in [0.1, 0.15) is 5.56 Å². The highest BCUT2D eigenvalue weighted by Crippen LogP contribution is 2.22. The molecule has 0 saturated carbocycles. The summed E-state index contributed by atoms with van der Waals surface area (Å²) < 4.78 is 2.47. The highest BCUT2D eigenvalue weighted by atomic mass is 16.2. The second-order valence-corrected chi connectivity index (χ2v) is 5.26. The van der Waals surface area contributed by atoms with Gasteiger partial charge in [0.15, 0.2) is 0 Å². The fourth-order valence-electron chi connectivity index (χ4n) is 2.58. The number of aromatic nitrogens is 3. The van der Waals surface area contributed by atoms with E-state index >= 15 is 0 Å². The Labute approximate surface area is 132 Å². The highest BCUT2D eigenvalue weighted by molar-refractivity contribution is 5.94. The van der Waals surface area contributed by atoms with Crippen molar-refractivity contribution in [3.05, 3.63) is 62.8 Å². The summed E-state index contributed by atoms with van der Waals surface area (Å²) >= 11 is 0. The lowest BCUT2D eigenvalue weighted by atomic mass is 10.1. The number of nitrogens with zero attached hydrogens (tertiary/aromatic N) is 4. The number of pyridine rings is 1. The van der Waals surface area contributed by atoms with Crippen molar-refractivity contribution in [1.82, 2.24) is 14.1 Å². The molecule has 0 radical (unpaired) electrons. The Hall–Kier alpha value is -3.02. The van der Waals surface area contributed by atoms with Gasteiger partial charge in [0, 0.05) is 38.5 Å². The largest absolute Gasteiger partial charge is 0.332 e. The Balaban J connectivity index is 2.48. The van der Waals surface area contributed by atoms with Crippen molar-refractivity contribution in [2.75, 3.05) is 7.05 Å². The normalized spacial score (nSPS) is 11.4. The molecule has 3 aromatic rings. The molecule has 0 spiro atoms. The first kappa shape index (κ1) is 14.9. The van der Waals surface area contributed by atoms with E-state index in [-0.39, 0.29) is 5.56 Å². The molecule has 0 aliphatic heterocycles. The molecule has 0 aliphatic rings. The zero-order valence-electron chi connectivity index (χ0n) is 13.1. The molecule has 0 saturated heterocycles. The van der Waals surface area contributed by atoms with Crippen LogP contribution in [0.4, 0.5) is 0 Å². The lowest BCUT2D eigenvalue weighted by Crippen LogP contribution is -2.37. The van der Waals surface area contributed by atoms with Crippen molar-refractivity contribution in [2.24, 2.45) is 19.1 Å². The number of aryl methyl sites for hydroxylation is 1. The average Bonchev–Trinajstić information content (AvgIpc) is 2.58. The van der Waals surface area contributed by atoms with Gasteiger partial charge in [-0.2, -0.15) is 0 Å². The summed E-state index contributed by atoms with van der Waals surface area (Å²) in [5.41, 5.74) is 1.93. The molecule has 23 heavy (non-hydrogen) atoms. The number of hydrogen-bond acceptors (Lipinski definition) is 4. The maximum Gasteiger partial charge on any atom is 0.332 e. The smallest absolute Gasteiger partial charge is 0.296 e. The highest BCUT2D eigenvalue weighted by Gasteiger charge is 2.14. The quantitative estimate of drug-likeness (QED) is 0.671. The first-order chi connectivity index (χ1) is 11.0. The molecule has 0 bridgehead atoms. The van der Waals surface area contributed by atoms with Gasteiger partial charge < -0.3 is 0 Å². The molecule has 0 atom stereocenters. The van der Waals surface area contributed by atoms with Crippen molar-refractivity contribution < 1.29 is 0 Å². The summed E-state index contributed by atoms with van der Waals surface area (Å²) in [6, 6.07) is 11.3. The second-order valence-electron chi connectivity index (χ2n) is 5.26. The lowest BCUT2D eigenvalue weighted by molar-refractivity contribution is 0.708. The molecular weight excluding hydrogens is 292 g/mol. The summed E-state index contributed by atoms with van der Waals surface area (Å²) in [7, 11) is 4.74. The second kappa shape index (κ2) is 5.64. The maximum atomic E-state index is 12.4. The topological polar surface area (TPSA) is 69.2 Å². The van der Waals surface area contributed by atoms with Crippen LogP contribution in [0.5, 0.6) is 0 Å². The number of fused-ring (bicyclic) bond motifs is 1. The third kappa shape index (κ3) is 2.38. The van der Waals surface area contributed by atoms with Gasteiger partial charge in [0.05, 0.1) is 11.1 Å². The fourth-order valence-corrected chi connectivity index (χ4v) is 2.58. The predicted molar refractivity (Wildman–Crippen MR) is 91.2 cm³/mol. The molecule has 0 amide bonds. The Morgan fingerprint density at radius 3 is 2.43 bits per heavy atom. The molecule has 116 valence electrons. The number of aliphatic imine (C=N–C) groups is 1. The molecular formula is C17H16N4O2. The molecule has 3 rings (SSSR count). The first-order valence-electron chi connectivity index (χ1n) is 7.13. The van der Waals surface area contributed by atoms with Gasteiger partial charge in [-0.1, -0.05) is 30.3 Å². The van der Waals surface area contributed by atoms with Crippen molar-refractivity contribution in [3.63, 3.8) is 0 Å². The van der Waals surface area contributed by atoms with Crippen LogP contribution >= 0.6 is 0 Å². The third-order valence-corrected chi connectivity index (χ3v) is 3.77. The molecule has 0 N–H and O–H groups in total. The van der Waals surface area contributed by atoms with E-state index in [9.17, 15) is 9.59 Å². The Kier molecular flexibility index (Phi) is 3.65. The zero-order valence-corrected chi connectivity index (χ0v) is 13.1. The average molecular weight is 308 g/mol.